The molecule has 9 nitrogen and oxygen atoms in total. The largest absolute Gasteiger partial charge is 0.357 e. The lowest BCUT2D eigenvalue weighted by atomic mass is 10.1. The monoisotopic (exact) mass is 437 g/mol. The highest BCUT2D eigenvalue weighted by molar-refractivity contribution is 6.45. The number of anilines is 1. The summed E-state index contributed by atoms with van der Waals surface area (Å²) in [5.74, 6) is -2.43. The number of nitrogens with zero attached hydrogens (tertiary/aromatic N) is 4. The van der Waals surface area contributed by atoms with Crippen molar-refractivity contribution in [2.24, 2.45) is 0 Å². The predicted octanol–water partition coefficient (Wildman–Crippen LogP) is 1.46. The van der Waals surface area contributed by atoms with Crippen molar-refractivity contribution in [1.29, 1.82) is 0 Å². The Morgan fingerprint density at radius 3 is 2.41 bits per heavy atom. The second kappa shape index (κ2) is 8.58. The molecule has 32 heavy (non-hydrogen) atoms. The van der Waals surface area contributed by atoms with Gasteiger partial charge in [-0.25, -0.2) is 9.37 Å². The fourth-order valence-electron chi connectivity index (χ4n) is 3.73. The molecule has 1 saturated heterocycles. The molecule has 1 N–H and O–H groups in total. The Labute approximate surface area is 182 Å². The van der Waals surface area contributed by atoms with Crippen LogP contribution in [0, 0.1) is 5.82 Å². The van der Waals surface area contributed by atoms with Gasteiger partial charge in [0.2, 0.25) is 6.41 Å². The van der Waals surface area contributed by atoms with E-state index >= 15 is 0 Å². The maximum absolute atomic E-state index is 14.5. The number of H-pyrrole nitrogens is 1. The van der Waals surface area contributed by atoms with E-state index in [0.717, 1.165) is 11.1 Å². The van der Waals surface area contributed by atoms with E-state index in [9.17, 15) is 23.6 Å². The highest BCUT2D eigenvalue weighted by Crippen LogP contribution is 2.28. The third-order valence-electron chi connectivity index (χ3n) is 5.45. The van der Waals surface area contributed by atoms with Crippen LogP contribution in [0.4, 0.5) is 10.2 Å². The van der Waals surface area contributed by atoms with E-state index in [1.165, 1.54) is 18.1 Å². The number of aromatic amines is 1. The van der Waals surface area contributed by atoms with Gasteiger partial charge in [0.15, 0.2) is 11.6 Å². The molecule has 10 heteroatoms. The van der Waals surface area contributed by atoms with Gasteiger partial charge in [-0.1, -0.05) is 18.2 Å². The number of hydrogen-bond donors (Lipinski definition) is 1. The number of carbonyl (C=O) groups excluding carboxylic acids is 4. The molecule has 4 rings (SSSR count). The fraction of sp³-hybridized carbons (Fsp3) is 0.227. The van der Waals surface area contributed by atoms with E-state index in [-0.39, 0.29) is 54.4 Å². The summed E-state index contributed by atoms with van der Waals surface area (Å²) in [6, 6.07) is 8.82. The number of halogens is 1. The number of Topliss-reactive ketones (excluding diaryl/α,β-unsaturated/α-hetero) is 1. The zero-order valence-corrected chi connectivity index (χ0v) is 17.2. The van der Waals surface area contributed by atoms with E-state index in [1.807, 2.05) is 6.07 Å². The first kappa shape index (κ1) is 21.2. The van der Waals surface area contributed by atoms with Gasteiger partial charge in [-0.05, 0) is 12.1 Å². The number of hydrogen-bond acceptors (Lipinski definition) is 5. The molecular weight excluding hydrogens is 417 g/mol. The van der Waals surface area contributed by atoms with Crippen molar-refractivity contribution >= 4 is 40.7 Å². The number of fused-ring (bicyclic) bond motifs is 1. The number of amides is 3. The number of aromatic nitrogens is 2. The highest BCUT2D eigenvalue weighted by Gasteiger charge is 2.31. The summed E-state index contributed by atoms with van der Waals surface area (Å²) in [4.78, 5) is 60.1. The first-order valence-electron chi connectivity index (χ1n) is 9.94. The third kappa shape index (κ3) is 3.70. The lowest BCUT2D eigenvalue weighted by Gasteiger charge is -2.34. The number of carbonyl (C=O) groups is 4. The molecule has 3 heterocycles. The summed E-state index contributed by atoms with van der Waals surface area (Å²) < 4.78 is 14.5. The number of pyridine rings is 1. The van der Waals surface area contributed by atoms with Gasteiger partial charge >= 0.3 is 0 Å². The van der Waals surface area contributed by atoms with Gasteiger partial charge < -0.3 is 19.7 Å². The lowest BCUT2D eigenvalue weighted by Crippen LogP contribution is -2.52. The molecule has 164 valence electrons. The van der Waals surface area contributed by atoms with Crippen LogP contribution in [0.5, 0.6) is 0 Å². The van der Waals surface area contributed by atoms with Gasteiger partial charge in [0, 0.05) is 45.0 Å². The number of benzene rings is 1. The van der Waals surface area contributed by atoms with E-state index in [1.54, 1.807) is 29.2 Å². The third-order valence-corrected chi connectivity index (χ3v) is 5.45. The SMILES string of the molecule is CN(C=O)c1ncc(F)c2c(C(=O)C(=O)N3CCN(C(=O)c4ccccc4)CC3)c[nH]c12. The van der Waals surface area contributed by atoms with Gasteiger partial charge in [0.1, 0.15) is 0 Å². The van der Waals surface area contributed by atoms with Crippen molar-refractivity contribution < 1.29 is 23.6 Å². The Morgan fingerprint density at radius 1 is 1.09 bits per heavy atom. The van der Waals surface area contributed by atoms with Crippen LogP contribution >= 0.6 is 0 Å². The zero-order chi connectivity index (χ0) is 22.8. The minimum absolute atomic E-state index is 0.0973. The van der Waals surface area contributed by atoms with Gasteiger partial charge in [-0.3, -0.25) is 19.2 Å². The molecule has 1 aliphatic rings. The molecule has 0 unspecified atom stereocenters. The van der Waals surface area contributed by atoms with Crippen molar-refractivity contribution in [3.8, 4) is 0 Å². The van der Waals surface area contributed by atoms with Crippen LogP contribution in [0.25, 0.3) is 10.9 Å². The summed E-state index contributed by atoms with van der Waals surface area (Å²) in [6.45, 7) is 0.948. The topological polar surface area (TPSA) is 107 Å². The average Bonchev–Trinajstić information content (AvgIpc) is 3.29. The lowest BCUT2D eigenvalue weighted by molar-refractivity contribution is -0.127. The minimum Gasteiger partial charge on any atom is -0.357 e. The van der Waals surface area contributed by atoms with Crippen LogP contribution in [-0.4, -0.2) is 77.0 Å². The Hall–Kier alpha value is -4.08. The smallest absolute Gasteiger partial charge is 0.295 e. The molecule has 0 bridgehead atoms. The fourth-order valence-corrected chi connectivity index (χ4v) is 3.73. The predicted molar refractivity (Wildman–Crippen MR) is 114 cm³/mol. The Bertz CT molecular complexity index is 1200. The zero-order valence-electron chi connectivity index (χ0n) is 17.2. The van der Waals surface area contributed by atoms with Gasteiger partial charge in [-0.2, -0.15) is 0 Å². The Balaban J connectivity index is 1.50. The van der Waals surface area contributed by atoms with Crippen LogP contribution in [0.15, 0.2) is 42.7 Å². The second-order valence-corrected chi connectivity index (χ2v) is 7.38. The van der Waals surface area contributed by atoms with Crippen molar-refractivity contribution in [2.75, 3.05) is 38.1 Å². The van der Waals surface area contributed by atoms with Gasteiger partial charge in [0.05, 0.1) is 22.7 Å². The van der Waals surface area contributed by atoms with Crippen LogP contribution in [0.2, 0.25) is 0 Å². The Kier molecular flexibility index (Phi) is 5.67. The molecule has 2 aromatic heterocycles. The summed E-state index contributed by atoms with van der Waals surface area (Å²) in [6.07, 6.45) is 2.65. The molecule has 0 atom stereocenters. The second-order valence-electron chi connectivity index (χ2n) is 7.38. The van der Waals surface area contributed by atoms with E-state index in [0.29, 0.717) is 12.0 Å². The number of ketones is 1. The number of piperazine rings is 1. The highest BCUT2D eigenvalue weighted by atomic mass is 19.1. The number of nitrogens with one attached hydrogen (secondary N) is 1. The molecule has 1 aromatic carbocycles. The molecule has 3 aromatic rings. The summed E-state index contributed by atoms with van der Waals surface area (Å²) in [5.41, 5.74) is 0.574. The van der Waals surface area contributed by atoms with Crippen molar-refractivity contribution in [2.45, 2.75) is 0 Å². The van der Waals surface area contributed by atoms with Crippen LogP contribution in [0.3, 0.4) is 0 Å². The van der Waals surface area contributed by atoms with Crippen LogP contribution in [-0.2, 0) is 9.59 Å². The van der Waals surface area contributed by atoms with E-state index < -0.39 is 17.5 Å². The van der Waals surface area contributed by atoms with Crippen LogP contribution in [0.1, 0.15) is 20.7 Å². The molecule has 0 aliphatic carbocycles. The van der Waals surface area contributed by atoms with E-state index in [4.69, 9.17) is 0 Å². The van der Waals surface area contributed by atoms with Crippen molar-refractivity contribution in [3.05, 3.63) is 59.7 Å². The number of rotatable bonds is 5. The first-order chi connectivity index (χ1) is 15.4. The molecule has 0 spiro atoms. The van der Waals surface area contributed by atoms with Crippen molar-refractivity contribution in [1.82, 2.24) is 19.8 Å². The molecule has 1 aliphatic heterocycles. The Morgan fingerprint density at radius 2 is 1.75 bits per heavy atom. The molecular formula is C22H20FN5O4. The van der Waals surface area contributed by atoms with Gasteiger partial charge in [0.25, 0.3) is 17.6 Å². The standard InChI is InChI=1S/C22H20FN5O4/c1-26(13-29)20-18-17(16(23)12-25-20)15(11-24-18)19(30)22(32)28-9-7-27(8-10-28)21(31)14-5-3-2-4-6-14/h2-6,11-13,24H,7-10H2,1H3. The summed E-state index contributed by atoms with van der Waals surface area (Å²) in [7, 11) is 1.44. The summed E-state index contributed by atoms with van der Waals surface area (Å²) in [5, 5.41) is -0.0973. The maximum atomic E-state index is 14.5. The summed E-state index contributed by atoms with van der Waals surface area (Å²) >= 11 is 0. The van der Waals surface area contributed by atoms with Gasteiger partial charge in [-0.15, -0.1) is 0 Å². The molecule has 3 amide bonds. The van der Waals surface area contributed by atoms with Crippen molar-refractivity contribution in [3.63, 3.8) is 0 Å². The quantitative estimate of drug-likeness (QED) is 0.370. The normalized spacial score (nSPS) is 13.8. The first-order valence-corrected chi connectivity index (χ1v) is 9.94. The average molecular weight is 437 g/mol. The van der Waals surface area contributed by atoms with E-state index in [2.05, 4.69) is 9.97 Å². The van der Waals surface area contributed by atoms with Crippen LogP contribution < -0.4 is 4.90 Å². The molecule has 0 radical (unpaired) electrons. The minimum atomic E-state index is -0.871. The maximum Gasteiger partial charge on any atom is 0.295 e. The molecule has 0 saturated carbocycles. The molecule has 1 fully saturated rings.